The van der Waals surface area contributed by atoms with Gasteiger partial charge in [0.15, 0.2) is 5.84 Å². The zero-order valence-corrected chi connectivity index (χ0v) is 28.7. The van der Waals surface area contributed by atoms with Gasteiger partial charge in [0.2, 0.25) is 0 Å². The number of benzene rings is 3. The van der Waals surface area contributed by atoms with Crippen molar-refractivity contribution in [3.05, 3.63) is 149 Å². The van der Waals surface area contributed by atoms with E-state index < -0.39 is 0 Å². The molecule has 0 bridgehead atoms. The lowest BCUT2D eigenvalue weighted by atomic mass is 9.87. The average Bonchev–Trinajstić information content (AvgIpc) is 3.78. The van der Waals surface area contributed by atoms with E-state index in [0.29, 0.717) is 23.2 Å². The summed E-state index contributed by atoms with van der Waals surface area (Å²) in [5, 5.41) is 5.79. The van der Waals surface area contributed by atoms with Gasteiger partial charge in [-0.15, -0.1) is 21.4 Å². The number of nitrogens with one attached hydrogen (secondary N) is 1. The third-order valence-electron chi connectivity index (χ3n) is 9.67. The van der Waals surface area contributed by atoms with Crippen molar-refractivity contribution in [3.63, 3.8) is 0 Å². The Kier molecular flexibility index (Phi) is 9.13. The van der Waals surface area contributed by atoms with Gasteiger partial charge in [0, 0.05) is 27.9 Å². The molecule has 8 rings (SSSR count). The third-order valence-corrected chi connectivity index (χ3v) is 10.7. The fourth-order valence-electron chi connectivity index (χ4n) is 7.11. The number of aryl methyl sites for hydroxylation is 1. The lowest BCUT2D eigenvalue weighted by Crippen LogP contribution is -2.38. The number of amidine groups is 1. The first kappa shape index (κ1) is 32.0. The van der Waals surface area contributed by atoms with Crippen molar-refractivity contribution in [2.24, 2.45) is 11.0 Å². The topological polar surface area (TPSA) is 66.4 Å². The predicted octanol–water partition coefficient (Wildman–Crippen LogP) is 9.05. The highest BCUT2D eigenvalue weighted by molar-refractivity contribution is 7.16. The number of thiophene rings is 1. The molecular formula is C42H38N4O3S. The standard InChI is InChI=1S/C42H38N4O3S/c1-48-49-44-41-38(42(47)46(43-41)36-12-6-3-7-13-36)28-37-23-25-40(50-37)32-16-14-31(15-17-32)33-20-24-39-34(27-33)11-8-26-45(39)35-21-18-30(19-22-35)29-9-4-2-5-10-29/h2-7,9,12-21,23-25,27-29,35H,8,10-11,22,26H2,1H3,(H,43,44)/b38-28-. The number of para-hydroxylation sites is 1. The first-order valence-corrected chi connectivity index (χ1v) is 17.9. The van der Waals surface area contributed by atoms with Crippen LogP contribution in [0.15, 0.2) is 144 Å². The number of carbonyl (C=O) groups is 1. The van der Waals surface area contributed by atoms with Crippen molar-refractivity contribution in [1.82, 2.24) is 5.48 Å². The molecule has 0 fully saturated rings. The summed E-state index contributed by atoms with van der Waals surface area (Å²) in [6.07, 6.45) is 22.4. The van der Waals surface area contributed by atoms with Gasteiger partial charge in [-0.2, -0.15) is 5.01 Å². The third kappa shape index (κ3) is 6.53. The number of anilines is 2. The first-order chi connectivity index (χ1) is 24.6. The van der Waals surface area contributed by atoms with Crippen molar-refractivity contribution in [2.45, 2.75) is 31.7 Å². The number of hydrogen-bond donors (Lipinski definition) is 1. The molecule has 0 saturated heterocycles. The Hall–Kier alpha value is -5.28. The lowest BCUT2D eigenvalue weighted by molar-refractivity contribution is -0.300. The summed E-state index contributed by atoms with van der Waals surface area (Å²) in [5.74, 6) is 0.535. The highest BCUT2D eigenvalue weighted by Crippen LogP contribution is 2.37. The number of fused-ring (bicyclic) bond motifs is 1. The molecule has 3 heterocycles. The van der Waals surface area contributed by atoms with E-state index in [-0.39, 0.29) is 11.7 Å². The molecular weight excluding hydrogens is 641 g/mol. The summed E-state index contributed by atoms with van der Waals surface area (Å²) in [7, 11) is 1.38. The van der Waals surface area contributed by atoms with Gasteiger partial charge < -0.3 is 4.90 Å². The van der Waals surface area contributed by atoms with Crippen LogP contribution < -0.4 is 15.4 Å². The van der Waals surface area contributed by atoms with Gasteiger partial charge in [-0.1, -0.05) is 91.1 Å². The zero-order chi connectivity index (χ0) is 33.9. The molecule has 2 unspecified atom stereocenters. The minimum absolute atomic E-state index is 0.253. The van der Waals surface area contributed by atoms with E-state index in [4.69, 9.17) is 9.88 Å². The Morgan fingerprint density at radius 2 is 1.76 bits per heavy atom. The van der Waals surface area contributed by atoms with Crippen LogP contribution in [0.25, 0.3) is 27.6 Å². The Bertz CT molecular complexity index is 2070. The van der Waals surface area contributed by atoms with Gasteiger partial charge in [-0.05, 0) is 96.0 Å². The molecule has 3 aromatic carbocycles. The molecule has 0 radical (unpaired) electrons. The smallest absolute Gasteiger partial charge is 0.282 e. The van der Waals surface area contributed by atoms with Crippen LogP contribution in [0.5, 0.6) is 0 Å². The van der Waals surface area contributed by atoms with Gasteiger partial charge in [0.05, 0.1) is 24.4 Å². The molecule has 2 atom stereocenters. The lowest BCUT2D eigenvalue weighted by Gasteiger charge is -2.38. The Morgan fingerprint density at radius 1 is 0.920 bits per heavy atom. The summed E-state index contributed by atoms with van der Waals surface area (Å²) >= 11 is 1.62. The molecule has 250 valence electrons. The summed E-state index contributed by atoms with van der Waals surface area (Å²) < 4.78 is 0. The molecule has 2 aliphatic carbocycles. The van der Waals surface area contributed by atoms with Crippen molar-refractivity contribution in [1.29, 1.82) is 0 Å². The first-order valence-electron chi connectivity index (χ1n) is 17.1. The SMILES string of the molecule is COONC1=NN(c2ccccc2)C(=O)/C1=C\c1ccc(-c2ccc(-c3ccc4c(c3)CCCN4C3C=CC(C4C=CC=CC4)=CC3)cc2)s1. The number of rotatable bonds is 8. The number of allylic oxidation sites excluding steroid dienone is 6. The minimum Gasteiger partial charge on any atom is -0.365 e. The fraction of sp³-hybridized carbons (Fsp3) is 0.190. The molecule has 1 aromatic heterocycles. The van der Waals surface area contributed by atoms with Crippen LogP contribution in [0.4, 0.5) is 11.4 Å². The van der Waals surface area contributed by atoms with Crippen LogP contribution in [0.2, 0.25) is 0 Å². The van der Waals surface area contributed by atoms with E-state index in [1.807, 2.05) is 42.5 Å². The maximum Gasteiger partial charge on any atom is 0.282 e. The molecule has 2 aliphatic heterocycles. The summed E-state index contributed by atoms with van der Waals surface area (Å²) in [5.41, 5.74) is 11.5. The van der Waals surface area contributed by atoms with E-state index in [0.717, 1.165) is 41.1 Å². The number of hydroxylamine groups is 1. The normalized spacial score (nSPS) is 20.7. The van der Waals surface area contributed by atoms with Gasteiger partial charge in [0.1, 0.15) is 0 Å². The molecule has 4 aromatic rings. The highest BCUT2D eigenvalue weighted by atomic mass is 32.1. The number of nitrogens with zero attached hydrogens (tertiary/aromatic N) is 3. The van der Waals surface area contributed by atoms with Gasteiger partial charge in [0.25, 0.3) is 5.91 Å². The van der Waals surface area contributed by atoms with Gasteiger partial charge >= 0.3 is 0 Å². The average molecular weight is 679 g/mol. The molecule has 0 saturated carbocycles. The predicted molar refractivity (Wildman–Crippen MR) is 203 cm³/mol. The monoisotopic (exact) mass is 678 g/mol. The molecule has 4 aliphatic rings. The number of carbonyl (C=O) groups excluding carboxylic acids is 1. The Balaban J connectivity index is 0.966. The van der Waals surface area contributed by atoms with Gasteiger partial charge in [-0.25, -0.2) is 10.4 Å². The van der Waals surface area contributed by atoms with Crippen LogP contribution >= 0.6 is 11.3 Å². The zero-order valence-electron chi connectivity index (χ0n) is 27.9. The number of hydrogen-bond acceptors (Lipinski definition) is 7. The van der Waals surface area contributed by atoms with Crippen molar-refractivity contribution in [2.75, 3.05) is 23.6 Å². The molecule has 50 heavy (non-hydrogen) atoms. The van der Waals surface area contributed by atoms with Crippen molar-refractivity contribution < 1.29 is 14.7 Å². The largest absolute Gasteiger partial charge is 0.365 e. The van der Waals surface area contributed by atoms with E-state index in [1.165, 1.54) is 46.5 Å². The summed E-state index contributed by atoms with van der Waals surface area (Å²) in [6, 6.07) is 29.6. The van der Waals surface area contributed by atoms with Crippen LogP contribution in [0.3, 0.4) is 0 Å². The van der Waals surface area contributed by atoms with E-state index in [2.05, 4.69) is 107 Å². The second-order valence-corrected chi connectivity index (χ2v) is 13.9. The van der Waals surface area contributed by atoms with Gasteiger partial charge in [-0.3, -0.25) is 4.79 Å². The van der Waals surface area contributed by atoms with E-state index >= 15 is 0 Å². The van der Waals surface area contributed by atoms with Crippen LogP contribution in [0, 0.1) is 5.92 Å². The second kappa shape index (κ2) is 14.3. The Labute approximate surface area is 296 Å². The van der Waals surface area contributed by atoms with Crippen molar-refractivity contribution in [3.8, 4) is 21.6 Å². The number of hydrazone groups is 1. The summed E-state index contributed by atoms with van der Waals surface area (Å²) in [6.45, 7) is 1.09. The highest BCUT2D eigenvalue weighted by Gasteiger charge is 2.32. The van der Waals surface area contributed by atoms with Crippen LogP contribution in [0.1, 0.15) is 29.7 Å². The molecule has 1 amide bonds. The number of amides is 1. The molecule has 0 spiro atoms. The quantitative estimate of drug-likeness (QED) is 0.114. The molecule has 8 heteroatoms. The minimum atomic E-state index is -0.253. The van der Waals surface area contributed by atoms with E-state index in [1.54, 1.807) is 11.3 Å². The maximum absolute atomic E-state index is 13.4. The molecule has 1 N–H and O–H groups in total. The summed E-state index contributed by atoms with van der Waals surface area (Å²) in [4.78, 5) is 27.7. The molecule has 7 nitrogen and oxygen atoms in total. The van der Waals surface area contributed by atoms with E-state index in [9.17, 15) is 4.79 Å². The fourth-order valence-corrected chi connectivity index (χ4v) is 8.07. The Morgan fingerprint density at radius 3 is 2.54 bits per heavy atom. The maximum atomic E-state index is 13.4. The van der Waals surface area contributed by atoms with Crippen LogP contribution in [-0.2, 0) is 21.1 Å². The van der Waals surface area contributed by atoms with Crippen molar-refractivity contribution >= 4 is 40.5 Å². The second-order valence-electron chi connectivity index (χ2n) is 12.8. The van der Waals surface area contributed by atoms with Crippen LogP contribution in [-0.4, -0.2) is 31.4 Å².